The number of carbonyl (C=O) groups excluding carboxylic acids is 1. The van der Waals surface area contributed by atoms with Gasteiger partial charge in [0.2, 0.25) is 0 Å². The highest BCUT2D eigenvalue weighted by atomic mass is 16.5. The van der Waals surface area contributed by atoms with Gasteiger partial charge in [-0.3, -0.25) is 0 Å². The molecular weight excluding hydrogens is 304 g/mol. The predicted octanol–water partition coefficient (Wildman–Crippen LogP) is 4.34. The average Bonchev–Trinajstić information content (AvgIpc) is 2.60. The van der Waals surface area contributed by atoms with Crippen LogP contribution < -0.4 is 9.47 Å². The molecule has 0 aromatic heterocycles. The lowest BCUT2D eigenvalue weighted by atomic mass is 9.88. The Kier molecular flexibility index (Phi) is 5.50. The first-order valence-electron chi connectivity index (χ1n) is 7.92. The largest absolute Gasteiger partial charge is 0.497 e. The van der Waals surface area contributed by atoms with E-state index in [2.05, 4.69) is 13.8 Å². The molecule has 0 fully saturated rings. The first-order chi connectivity index (χ1) is 11.5. The van der Waals surface area contributed by atoms with Gasteiger partial charge in [0, 0.05) is 11.1 Å². The Hall–Kier alpha value is -2.49. The number of carbonyl (C=O) groups is 1. The minimum absolute atomic E-state index is 0.345. The molecule has 0 saturated carbocycles. The lowest BCUT2D eigenvalue weighted by Gasteiger charge is -2.19. The topological polar surface area (TPSA) is 44.8 Å². The molecule has 0 N–H and O–H groups in total. The van der Waals surface area contributed by atoms with E-state index >= 15 is 0 Å². The Morgan fingerprint density at radius 1 is 1.00 bits per heavy atom. The van der Waals surface area contributed by atoms with Crippen LogP contribution in [0, 0.1) is 13.8 Å². The summed E-state index contributed by atoms with van der Waals surface area (Å²) in [5.74, 6) is 1.04. The number of methoxy groups -OCH3 is 3. The fourth-order valence-electron chi connectivity index (χ4n) is 3.17. The van der Waals surface area contributed by atoms with Crippen LogP contribution in [-0.4, -0.2) is 27.3 Å². The highest BCUT2D eigenvalue weighted by Crippen LogP contribution is 2.38. The van der Waals surface area contributed by atoms with Gasteiger partial charge in [-0.1, -0.05) is 13.0 Å². The zero-order chi connectivity index (χ0) is 17.9. The van der Waals surface area contributed by atoms with Crippen molar-refractivity contribution in [2.24, 2.45) is 0 Å². The quantitative estimate of drug-likeness (QED) is 0.766. The van der Waals surface area contributed by atoms with Crippen LogP contribution in [0.2, 0.25) is 0 Å². The summed E-state index contributed by atoms with van der Waals surface area (Å²) in [5, 5.41) is 0. The molecule has 24 heavy (non-hydrogen) atoms. The second kappa shape index (κ2) is 7.39. The lowest BCUT2D eigenvalue weighted by molar-refractivity contribution is 0.0600. The summed E-state index contributed by atoms with van der Waals surface area (Å²) in [6, 6.07) is 7.58. The van der Waals surface area contributed by atoms with Crippen molar-refractivity contribution in [2.45, 2.75) is 27.2 Å². The van der Waals surface area contributed by atoms with E-state index in [4.69, 9.17) is 14.2 Å². The second-order valence-corrected chi connectivity index (χ2v) is 5.63. The van der Waals surface area contributed by atoms with Crippen molar-refractivity contribution in [3.63, 3.8) is 0 Å². The van der Waals surface area contributed by atoms with Gasteiger partial charge < -0.3 is 14.2 Å². The van der Waals surface area contributed by atoms with Gasteiger partial charge in [0.15, 0.2) is 0 Å². The molecule has 2 rings (SSSR count). The van der Waals surface area contributed by atoms with E-state index in [1.807, 2.05) is 31.2 Å². The maximum absolute atomic E-state index is 12.5. The van der Waals surface area contributed by atoms with E-state index in [1.165, 1.54) is 12.7 Å². The van der Waals surface area contributed by atoms with Crippen molar-refractivity contribution in [1.82, 2.24) is 0 Å². The molecule has 0 aliphatic heterocycles. The highest BCUT2D eigenvalue weighted by molar-refractivity contribution is 6.00. The third-order valence-corrected chi connectivity index (χ3v) is 4.37. The van der Waals surface area contributed by atoms with Gasteiger partial charge in [-0.15, -0.1) is 0 Å². The van der Waals surface area contributed by atoms with E-state index in [1.54, 1.807) is 14.2 Å². The van der Waals surface area contributed by atoms with Crippen LogP contribution in [-0.2, 0) is 11.2 Å². The summed E-state index contributed by atoms with van der Waals surface area (Å²) in [5.41, 5.74) is 5.44. The molecule has 0 amide bonds. The summed E-state index contributed by atoms with van der Waals surface area (Å²) in [7, 11) is 4.63. The van der Waals surface area contributed by atoms with E-state index in [0.29, 0.717) is 17.1 Å². The van der Waals surface area contributed by atoms with Crippen LogP contribution in [0.3, 0.4) is 0 Å². The molecule has 4 nitrogen and oxygen atoms in total. The molecule has 2 aromatic carbocycles. The number of benzene rings is 2. The van der Waals surface area contributed by atoms with Crippen LogP contribution in [0.25, 0.3) is 11.1 Å². The smallest absolute Gasteiger partial charge is 0.338 e. The van der Waals surface area contributed by atoms with Crippen molar-refractivity contribution in [3.05, 3.63) is 46.5 Å². The summed E-state index contributed by atoms with van der Waals surface area (Å²) < 4.78 is 15.9. The molecule has 0 bridgehead atoms. The monoisotopic (exact) mass is 328 g/mol. The molecule has 128 valence electrons. The highest BCUT2D eigenvalue weighted by Gasteiger charge is 2.22. The molecule has 0 saturated heterocycles. The standard InChI is InChI=1S/C20H24O4/c1-7-15-12(2)10-17(19(13(15)3)20(21)24-6)16-11-14(22-4)8-9-18(16)23-5/h8-11H,7H2,1-6H3. The summed E-state index contributed by atoms with van der Waals surface area (Å²) in [6.07, 6.45) is 0.858. The summed E-state index contributed by atoms with van der Waals surface area (Å²) in [4.78, 5) is 12.5. The molecule has 2 aromatic rings. The Morgan fingerprint density at radius 3 is 2.25 bits per heavy atom. The van der Waals surface area contributed by atoms with E-state index in [0.717, 1.165) is 28.7 Å². The SMILES string of the molecule is CCc1c(C)cc(-c2cc(OC)ccc2OC)c(C(=O)OC)c1C. The van der Waals surface area contributed by atoms with Gasteiger partial charge in [0.05, 0.1) is 26.9 Å². The van der Waals surface area contributed by atoms with Gasteiger partial charge in [-0.25, -0.2) is 4.79 Å². The second-order valence-electron chi connectivity index (χ2n) is 5.63. The third kappa shape index (κ3) is 3.09. The fourth-order valence-corrected chi connectivity index (χ4v) is 3.17. The third-order valence-electron chi connectivity index (χ3n) is 4.37. The van der Waals surface area contributed by atoms with E-state index in [-0.39, 0.29) is 5.97 Å². The minimum Gasteiger partial charge on any atom is -0.497 e. The number of hydrogen-bond acceptors (Lipinski definition) is 4. The lowest BCUT2D eigenvalue weighted by Crippen LogP contribution is -2.10. The van der Waals surface area contributed by atoms with Crippen molar-refractivity contribution in [1.29, 1.82) is 0 Å². The number of rotatable bonds is 5. The normalized spacial score (nSPS) is 10.4. The molecule has 0 aliphatic rings. The van der Waals surface area contributed by atoms with E-state index in [9.17, 15) is 4.79 Å². The van der Waals surface area contributed by atoms with E-state index < -0.39 is 0 Å². The Balaban J connectivity index is 2.86. The number of ether oxygens (including phenoxy) is 3. The van der Waals surface area contributed by atoms with Crippen LogP contribution in [0.15, 0.2) is 24.3 Å². The number of aryl methyl sites for hydroxylation is 1. The summed E-state index contributed by atoms with van der Waals surface area (Å²) >= 11 is 0. The van der Waals surface area contributed by atoms with Crippen LogP contribution in [0.1, 0.15) is 34.0 Å². The average molecular weight is 328 g/mol. The Morgan fingerprint density at radius 2 is 1.71 bits per heavy atom. The van der Waals surface area contributed by atoms with Crippen LogP contribution in [0.4, 0.5) is 0 Å². The molecule has 0 aliphatic carbocycles. The zero-order valence-corrected chi connectivity index (χ0v) is 15.1. The van der Waals surface area contributed by atoms with Gasteiger partial charge >= 0.3 is 5.97 Å². The molecule has 4 heteroatoms. The van der Waals surface area contributed by atoms with Gasteiger partial charge in [-0.2, -0.15) is 0 Å². The predicted molar refractivity (Wildman–Crippen MR) is 95.2 cm³/mol. The zero-order valence-electron chi connectivity index (χ0n) is 15.1. The Labute approximate surface area is 143 Å². The number of esters is 1. The molecular formula is C20H24O4. The Bertz CT molecular complexity index is 763. The van der Waals surface area contributed by atoms with Crippen LogP contribution >= 0.6 is 0 Å². The minimum atomic E-state index is -0.345. The molecule has 0 unspecified atom stereocenters. The van der Waals surface area contributed by atoms with Gasteiger partial charge in [0.1, 0.15) is 11.5 Å². The molecule has 0 radical (unpaired) electrons. The van der Waals surface area contributed by atoms with Crippen molar-refractivity contribution in [3.8, 4) is 22.6 Å². The van der Waals surface area contributed by atoms with Gasteiger partial charge in [-0.05, 0) is 55.2 Å². The van der Waals surface area contributed by atoms with Crippen molar-refractivity contribution < 1.29 is 19.0 Å². The number of hydrogen-bond donors (Lipinski definition) is 0. The first-order valence-corrected chi connectivity index (χ1v) is 7.92. The van der Waals surface area contributed by atoms with Crippen LogP contribution in [0.5, 0.6) is 11.5 Å². The molecule has 0 spiro atoms. The maximum Gasteiger partial charge on any atom is 0.338 e. The maximum atomic E-state index is 12.5. The van der Waals surface area contributed by atoms with Gasteiger partial charge in [0.25, 0.3) is 0 Å². The first kappa shape index (κ1) is 17.9. The van der Waals surface area contributed by atoms with Crippen molar-refractivity contribution in [2.75, 3.05) is 21.3 Å². The fraction of sp³-hybridized carbons (Fsp3) is 0.350. The summed E-state index contributed by atoms with van der Waals surface area (Å²) in [6.45, 7) is 6.11. The molecule has 0 heterocycles. The van der Waals surface area contributed by atoms with Crippen molar-refractivity contribution >= 4 is 5.97 Å². The molecule has 0 atom stereocenters.